The molecule has 7 nitrogen and oxygen atoms in total. The van der Waals surface area contributed by atoms with Crippen LogP contribution < -0.4 is 10.6 Å². The molecule has 1 aliphatic heterocycles. The van der Waals surface area contributed by atoms with Crippen molar-refractivity contribution >= 4 is 17.6 Å². The number of nitrogens with zero attached hydrogens (tertiary/aromatic N) is 2. The van der Waals surface area contributed by atoms with Gasteiger partial charge in [0.15, 0.2) is 0 Å². The fraction of sp³-hybridized carbons (Fsp3) is 0.350. The van der Waals surface area contributed by atoms with E-state index in [2.05, 4.69) is 15.6 Å². The Bertz CT molecular complexity index is 761. The Morgan fingerprint density at radius 1 is 1.11 bits per heavy atom. The molecule has 1 aliphatic rings. The van der Waals surface area contributed by atoms with E-state index in [1.54, 1.807) is 17.3 Å². The summed E-state index contributed by atoms with van der Waals surface area (Å²) in [7, 11) is 0. The number of nitrogens with one attached hydrogen (secondary N) is 2. The number of pyridine rings is 1. The van der Waals surface area contributed by atoms with Crippen molar-refractivity contribution in [3.63, 3.8) is 0 Å². The van der Waals surface area contributed by atoms with Gasteiger partial charge in [0.2, 0.25) is 5.91 Å². The Morgan fingerprint density at radius 3 is 2.67 bits per heavy atom. The summed E-state index contributed by atoms with van der Waals surface area (Å²) in [4.78, 5) is 30.3. The number of carbonyl (C=O) groups is 2. The van der Waals surface area contributed by atoms with Crippen molar-refractivity contribution in [2.45, 2.75) is 12.8 Å². The van der Waals surface area contributed by atoms with E-state index >= 15 is 0 Å². The Labute approximate surface area is 158 Å². The van der Waals surface area contributed by atoms with Crippen molar-refractivity contribution in [3.8, 4) is 0 Å². The van der Waals surface area contributed by atoms with Gasteiger partial charge >= 0.3 is 6.03 Å². The third-order valence-electron chi connectivity index (χ3n) is 4.36. The number of carbonyl (C=O) groups excluding carboxylic acids is 2. The van der Waals surface area contributed by atoms with Gasteiger partial charge in [-0.3, -0.25) is 9.78 Å². The van der Waals surface area contributed by atoms with Crippen LogP contribution in [0.5, 0.6) is 0 Å². The van der Waals surface area contributed by atoms with Crippen LogP contribution in [-0.4, -0.2) is 54.7 Å². The molecule has 1 aromatic heterocycles. The normalized spacial score (nSPS) is 13.9. The molecule has 1 saturated heterocycles. The van der Waals surface area contributed by atoms with E-state index in [0.29, 0.717) is 51.4 Å². The summed E-state index contributed by atoms with van der Waals surface area (Å²) in [6.07, 6.45) is 4.25. The molecule has 7 heteroatoms. The number of morpholine rings is 1. The fourth-order valence-corrected chi connectivity index (χ4v) is 2.91. The van der Waals surface area contributed by atoms with Gasteiger partial charge in [-0.15, -0.1) is 0 Å². The molecule has 1 fully saturated rings. The molecule has 2 N–H and O–H groups in total. The number of urea groups is 1. The number of ether oxygens (including phenoxy) is 1. The average Bonchev–Trinajstić information content (AvgIpc) is 2.70. The molecule has 0 atom stereocenters. The Kier molecular flexibility index (Phi) is 6.76. The molecule has 3 amide bonds. The number of amides is 3. The SMILES string of the molecule is O=C(Cc1ccccc1)Nc1cnccc1CCNC(=O)N1CCOCC1. The first-order chi connectivity index (χ1) is 13.2. The van der Waals surface area contributed by atoms with Crippen molar-refractivity contribution in [1.82, 2.24) is 15.2 Å². The van der Waals surface area contributed by atoms with Crippen molar-refractivity contribution in [3.05, 3.63) is 59.9 Å². The van der Waals surface area contributed by atoms with Crippen molar-refractivity contribution in [2.75, 3.05) is 38.2 Å². The maximum Gasteiger partial charge on any atom is 0.317 e. The lowest BCUT2D eigenvalue weighted by Crippen LogP contribution is -2.46. The van der Waals surface area contributed by atoms with Gasteiger partial charge in [0.05, 0.1) is 31.5 Å². The number of benzene rings is 1. The minimum atomic E-state index is -0.0900. The van der Waals surface area contributed by atoms with Crippen LogP contribution in [0.1, 0.15) is 11.1 Å². The molecular formula is C20H24N4O3. The Morgan fingerprint density at radius 2 is 1.89 bits per heavy atom. The van der Waals surface area contributed by atoms with Crippen LogP contribution >= 0.6 is 0 Å². The molecule has 1 aromatic carbocycles. The first kappa shape index (κ1) is 18.8. The van der Waals surface area contributed by atoms with Gasteiger partial charge in [0, 0.05) is 25.8 Å². The van der Waals surface area contributed by atoms with Gasteiger partial charge in [0.1, 0.15) is 0 Å². The van der Waals surface area contributed by atoms with Gasteiger partial charge in [0.25, 0.3) is 0 Å². The van der Waals surface area contributed by atoms with Crippen molar-refractivity contribution < 1.29 is 14.3 Å². The number of aromatic nitrogens is 1. The van der Waals surface area contributed by atoms with Crippen LogP contribution in [-0.2, 0) is 22.4 Å². The lowest BCUT2D eigenvalue weighted by Gasteiger charge is -2.27. The summed E-state index contributed by atoms with van der Waals surface area (Å²) >= 11 is 0. The van der Waals surface area contributed by atoms with Gasteiger partial charge < -0.3 is 20.3 Å². The molecule has 3 rings (SSSR count). The van der Waals surface area contributed by atoms with E-state index in [1.807, 2.05) is 36.4 Å². The smallest absolute Gasteiger partial charge is 0.317 e. The third-order valence-corrected chi connectivity index (χ3v) is 4.36. The van der Waals surface area contributed by atoms with Crippen LogP contribution in [0.2, 0.25) is 0 Å². The van der Waals surface area contributed by atoms with Gasteiger partial charge in [-0.1, -0.05) is 30.3 Å². The molecule has 2 heterocycles. The highest BCUT2D eigenvalue weighted by atomic mass is 16.5. The van der Waals surface area contributed by atoms with Crippen molar-refractivity contribution in [2.24, 2.45) is 0 Å². The van der Waals surface area contributed by atoms with E-state index < -0.39 is 0 Å². The molecular weight excluding hydrogens is 344 g/mol. The van der Waals surface area contributed by atoms with E-state index in [0.717, 1.165) is 11.1 Å². The maximum atomic E-state index is 12.3. The van der Waals surface area contributed by atoms with Crippen LogP contribution in [0, 0.1) is 0 Å². The van der Waals surface area contributed by atoms with Gasteiger partial charge in [-0.2, -0.15) is 0 Å². The second-order valence-corrected chi connectivity index (χ2v) is 6.32. The Balaban J connectivity index is 1.51. The summed E-state index contributed by atoms with van der Waals surface area (Å²) in [6, 6.07) is 11.4. The highest BCUT2D eigenvalue weighted by Crippen LogP contribution is 2.14. The lowest BCUT2D eigenvalue weighted by molar-refractivity contribution is -0.115. The molecule has 0 spiro atoms. The summed E-state index contributed by atoms with van der Waals surface area (Å²) in [5.41, 5.74) is 2.57. The van der Waals surface area contributed by atoms with E-state index in [4.69, 9.17) is 4.74 Å². The first-order valence-electron chi connectivity index (χ1n) is 9.09. The summed E-state index contributed by atoms with van der Waals surface area (Å²) < 4.78 is 5.25. The third kappa shape index (κ3) is 5.79. The minimum Gasteiger partial charge on any atom is -0.378 e. The average molecular weight is 368 g/mol. The number of anilines is 1. The molecule has 0 aliphatic carbocycles. The second kappa shape index (κ2) is 9.68. The molecule has 2 aromatic rings. The molecule has 0 radical (unpaired) electrons. The zero-order valence-electron chi connectivity index (χ0n) is 15.2. The van der Waals surface area contributed by atoms with Gasteiger partial charge in [-0.05, 0) is 23.6 Å². The highest BCUT2D eigenvalue weighted by molar-refractivity contribution is 5.92. The van der Waals surface area contributed by atoms with Crippen LogP contribution in [0.4, 0.5) is 10.5 Å². The molecule has 0 saturated carbocycles. The van der Waals surface area contributed by atoms with E-state index in [9.17, 15) is 9.59 Å². The number of hydrogen-bond donors (Lipinski definition) is 2. The fourth-order valence-electron chi connectivity index (χ4n) is 2.91. The summed E-state index contributed by atoms with van der Waals surface area (Å²) in [5.74, 6) is -0.0900. The topological polar surface area (TPSA) is 83.6 Å². The first-order valence-corrected chi connectivity index (χ1v) is 9.09. The predicted octanol–water partition coefficient (Wildman–Crippen LogP) is 1.85. The van der Waals surface area contributed by atoms with Gasteiger partial charge in [-0.25, -0.2) is 4.79 Å². The van der Waals surface area contributed by atoms with Crippen LogP contribution in [0.15, 0.2) is 48.8 Å². The zero-order chi connectivity index (χ0) is 18.9. The number of rotatable bonds is 6. The minimum absolute atomic E-state index is 0.0815. The van der Waals surface area contributed by atoms with Crippen LogP contribution in [0.3, 0.4) is 0 Å². The lowest BCUT2D eigenvalue weighted by atomic mass is 10.1. The Hall–Kier alpha value is -2.93. The maximum absolute atomic E-state index is 12.3. The predicted molar refractivity (Wildman–Crippen MR) is 103 cm³/mol. The molecule has 27 heavy (non-hydrogen) atoms. The second-order valence-electron chi connectivity index (χ2n) is 6.32. The van der Waals surface area contributed by atoms with E-state index in [1.165, 1.54) is 0 Å². The van der Waals surface area contributed by atoms with Crippen LogP contribution in [0.25, 0.3) is 0 Å². The largest absolute Gasteiger partial charge is 0.378 e. The monoisotopic (exact) mass is 368 g/mol. The number of hydrogen-bond acceptors (Lipinski definition) is 4. The molecule has 0 unspecified atom stereocenters. The zero-order valence-corrected chi connectivity index (χ0v) is 15.2. The molecule has 142 valence electrons. The highest BCUT2D eigenvalue weighted by Gasteiger charge is 2.16. The van der Waals surface area contributed by atoms with E-state index in [-0.39, 0.29) is 11.9 Å². The summed E-state index contributed by atoms with van der Waals surface area (Å²) in [6.45, 7) is 2.87. The van der Waals surface area contributed by atoms with Crippen molar-refractivity contribution in [1.29, 1.82) is 0 Å². The standard InChI is InChI=1S/C20H24N4O3/c25-19(14-16-4-2-1-3-5-16)23-18-15-21-8-6-17(18)7-9-22-20(26)24-10-12-27-13-11-24/h1-6,8,15H,7,9-14H2,(H,22,26)(H,23,25). The summed E-state index contributed by atoms with van der Waals surface area (Å²) in [5, 5.41) is 5.84. The molecule has 0 bridgehead atoms. The quantitative estimate of drug-likeness (QED) is 0.815.